The maximum absolute atomic E-state index is 12.0. The van der Waals surface area contributed by atoms with E-state index in [0.29, 0.717) is 12.8 Å². The van der Waals surface area contributed by atoms with Crippen LogP contribution in [-0.2, 0) is 9.59 Å². The van der Waals surface area contributed by atoms with Crippen molar-refractivity contribution in [2.24, 2.45) is 5.41 Å². The molecule has 108 valence electrons. The van der Waals surface area contributed by atoms with E-state index in [0.717, 1.165) is 25.7 Å². The third kappa shape index (κ3) is 5.41. The van der Waals surface area contributed by atoms with Gasteiger partial charge in [-0.2, -0.15) is 0 Å². The van der Waals surface area contributed by atoms with E-state index in [1.807, 2.05) is 0 Å². The Balaban J connectivity index is 0.00000220. The first-order valence-corrected chi connectivity index (χ1v) is 6.91. The molecule has 1 aliphatic rings. The van der Waals surface area contributed by atoms with E-state index in [-0.39, 0.29) is 69.7 Å². The first-order valence-electron chi connectivity index (χ1n) is 6.91. The van der Waals surface area contributed by atoms with Crippen molar-refractivity contribution in [3.8, 4) is 0 Å². The molecule has 1 amide bonds. The summed E-state index contributed by atoms with van der Waals surface area (Å²) in [5, 5.41) is 14.0. The van der Waals surface area contributed by atoms with Crippen LogP contribution in [-0.4, -0.2) is 21.8 Å². The molecule has 0 atom stereocenters. The molecule has 1 heterocycles. The summed E-state index contributed by atoms with van der Waals surface area (Å²) in [6.07, 6.45) is 7.62. The normalized spacial score (nSPS) is 17.1. The summed E-state index contributed by atoms with van der Waals surface area (Å²) >= 11 is 0. The van der Waals surface area contributed by atoms with Crippen molar-refractivity contribution in [1.29, 1.82) is 0 Å². The Morgan fingerprint density at radius 3 is 2.24 bits per heavy atom. The topological polar surface area (TPSA) is 95.0 Å². The molecule has 0 saturated heterocycles. The smallest absolute Gasteiger partial charge is 0.550 e. The molecule has 2 rings (SSSR count). The Morgan fingerprint density at radius 1 is 1.14 bits per heavy atom. The third-order valence-corrected chi connectivity index (χ3v) is 3.81. The molecule has 0 bridgehead atoms. The number of nitrogens with one attached hydrogen (secondary N) is 1. The van der Waals surface area contributed by atoms with Crippen molar-refractivity contribution in [3.05, 3.63) is 18.5 Å². The van der Waals surface area contributed by atoms with Crippen LogP contribution in [0.4, 0.5) is 5.95 Å². The molecule has 1 N–H and O–H groups in total. The number of carbonyl (C=O) groups is 2. The van der Waals surface area contributed by atoms with E-state index in [1.165, 1.54) is 12.4 Å². The van der Waals surface area contributed by atoms with Crippen LogP contribution in [0.2, 0.25) is 0 Å². The van der Waals surface area contributed by atoms with E-state index in [9.17, 15) is 14.7 Å². The molecule has 0 unspecified atom stereocenters. The molecule has 1 fully saturated rings. The van der Waals surface area contributed by atoms with Crippen molar-refractivity contribution >= 4 is 17.8 Å². The fraction of sp³-hybridized carbons (Fsp3) is 0.571. The summed E-state index contributed by atoms with van der Waals surface area (Å²) in [5.74, 6) is -1.30. The van der Waals surface area contributed by atoms with E-state index < -0.39 is 11.4 Å². The average Bonchev–Trinajstić information content (AvgIpc) is 2.66. The van der Waals surface area contributed by atoms with Gasteiger partial charge >= 0.3 is 51.4 Å². The second-order valence-electron chi connectivity index (χ2n) is 5.28. The third-order valence-electron chi connectivity index (χ3n) is 3.81. The van der Waals surface area contributed by atoms with Crippen LogP contribution in [0, 0.1) is 5.41 Å². The number of carbonyl (C=O) groups excluding carboxylic acids is 2. The predicted molar refractivity (Wildman–Crippen MR) is 70.4 cm³/mol. The summed E-state index contributed by atoms with van der Waals surface area (Å²) in [4.78, 5) is 31.3. The standard InChI is InChI=1S/C14H19N3O3.K/c18-11(17-13-15-8-5-9-16-13)10-14(12(19)20)6-3-1-2-4-7-14;/h5,8-9H,1-4,6-7,10H2,(H,19,20)(H,15,16,17,18);/q;+1/p-1. The number of hydrogen-bond acceptors (Lipinski definition) is 5. The number of carboxylic acids is 1. The molecule has 1 aliphatic carbocycles. The van der Waals surface area contributed by atoms with Crippen LogP contribution in [0.1, 0.15) is 44.9 Å². The van der Waals surface area contributed by atoms with Crippen LogP contribution in [0.15, 0.2) is 18.5 Å². The van der Waals surface area contributed by atoms with Gasteiger partial charge in [0, 0.05) is 30.2 Å². The Bertz CT molecular complexity index is 474. The maximum atomic E-state index is 12.0. The van der Waals surface area contributed by atoms with Gasteiger partial charge in [0.15, 0.2) is 0 Å². The quantitative estimate of drug-likeness (QED) is 0.507. The molecular weight excluding hydrogens is 297 g/mol. The zero-order chi connectivity index (χ0) is 14.4. The minimum atomic E-state index is -1.12. The van der Waals surface area contributed by atoms with Gasteiger partial charge in [-0.15, -0.1) is 0 Å². The fourth-order valence-corrected chi connectivity index (χ4v) is 2.70. The Kier molecular flexibility index (Phi) is 7.97. The molecule has 21 heavy (non-hydrogen) atoms. The van der Waals surface area contributed by atoms with Gasteiger partial charge in [0.25, 0.3) is 0 Å². The van der Waals surface area contributed by atoms with Crippen molar-refractivity contribution in [3.63, 3.8) is 0 Å². The summed E-state index contributed by atoms with van der Waals surface area (Å²) in [7, 11) is 0. The molecule has 0 radical (unpaired) electrons. The first-order chi connectivity index (χ1) is 9.62. The minimum Gasteiger partial charge on any atom is -0.550 e. The van der Waals surface area contributed by atoms with Crippen LogP contribution >= 0.6 is 0 Å². The first kappa shape index (κ1) is 18.7. The van der Waals surface area contributed by atoms with Crippen LogP contribution in [0.25, 0.3) is 0 Å². The van der Waals surface area contributed by atoms with Crippen molar-refractivity contribution in [2.45, 2.75) is 44.9 Å². The van der Waals surface area contributed by atoms with E-state index in [1.54, 1.807) is 6.07 Å². The molecule has 6 nitrogen and oxygen atoms in total. The zero-order valence-corrected chi connectivity index (χ0v) is 15.4. The van der Waals surface area contributed by atoms with Gasteiger partial charge in [-0.25, -0.2) is 9.97 Å². The molecule has 1 aromatic heterocycles. The predicted octanol–water partition coefficient (Wildman–Crippen LogP) is -2.10. The number of carboxylic acid groups (broad SMARTS) is 1. The Labute approximate surface area is 166 Å². The molecule has 1 saturated carbocycles. The number of rotatable bonds is 4. The summed E-state index contributed by atoms with van der Waals surface area (Å²) in [6, 6.07) is 1.64. The van der Waals surface area contributed by atoms with Gasteiger partial charge < -0.3 is 9.90 Å². The molecular formula is C14H18KN3O3. The summed E-state index contributed by atoms with van der Waals surface area (Å²) in [5.41, 5.74) is -1.05. The number of hydrogen-bond donors (Lipinski definition) is 1. The van der Waals surface area contributed by atoms with Gasteiger partial charge in [-0.3, -0.25) is 10.1 Å². The van der Waals surface area contributed by atoms with Crippen LogP contribution in [0.5, 0.6) is 0 Å². The fourth-order valence-electron chi connectivity index (χ4n) is 2.70. The van der Waals surface area contributed by atoms with Gasteiger partial charge in [0.1, 0.15) is 0 Å². The number of aliphatic carboxylic acids is 1. The monoisotopic (exact) mass is 315 g/mol. The summed E-state index contributed by atoms with van der Waals surface area (Å²) < 4.78 is 0. The minimum absolute atomic E-state index is 0. The number of aromatic nitrogens is 2. The van der Waals surface area contributed by atoms with E-state index in [4.69, 9.17) is 0 Å². The van der Waals surface area contributed by atoms with Crippen molar-refractivity contribution in [1.82, 2.24) is 9.97 Å². The van der Waals surface area contributed by atoms with Gasteiger partial charge in [0.05, 0.1) is 0 Å². The SMILES string of the molecule is O=C(CC1(C(=O)[O-])CCCCCC1)Nc1ncccn1.[K+]. The van der Waals surface area contributed by atoms with Crippen molar-refractivity contribution in [2.75, 3.05) is 5.32 Å². The molecule has 1 aromatic rings. The molecule has 0 spiro atoms. The average molecular weight is 315 g/mol. The number of anilines is 1. The summed E-state index contributed by atoms with van der Waals surface area (Å²) in [6.45, 7) is 0. The van der Waals surface area contributed by atoms with Gasteiger partial charge in [-0.1, -0.05) is 25.7 Å². The van der Waals surface area contributed by atoms with Crippen molar-refractivity contribution < 1.29 is 66.1 Å². The van der Waals surface area contributed by atoms with Gasteiger partial charge in [-0.05, 0) is 18.9 Å². The van der Waals surface area contributed by atoms with Crippen LogP contribution in [0.3, 0.4) is 0 Å². The molecule has 0 aliphatic heterocycles. The second-order valence-corrected chi connectivity index (χ2v) is 5.28. The number of amides is 1. The molecule has 7 heteroatoms. The molecule has 0 aromatic carbocycles. The van der Waals surface area contributed by atoms with E-state index in [2.05, 4.69) is 15.3 Å². The number of nitrogens with zero attached hydrogens (tertiary/aromatic N) is 2. The largest absolute Gasteiger partial charge is 1.00 e. The van der Waals surface area contributed by atoms with Gasteiger partial charge in [0.2, 0.25) is 11.9 Å². The Hall–Kier alpha value is -0.344. The second kappa shape index (κ2) is 8.94. The van der Waals surface area contributed by atoms with Crippen LogP contribution < -0.4 is 61.8 Å². The van der Waals surface area contributed by atoms with E-state index >= 15 is 0 Å². The maximum Gasteiger partial charge on any atom is 1.00 e. The zero-order valence-electron chi connectivity index (χ0n) is 12.3. The Morgan fingerprint density at radius 2 is 1.71 bits per heavy atom.